The predicted molar refractivity (Wildman–Crippen MR) is 123 cm³/mol. The Bertz CT molecular complexity index is 985. The summed E-state index contributed by atoms with van der Waals surface area (Å²) >= 11 is 1.27. The minimum absolute atomic E-state index is 0.0664. The lowest BCUT2D eigenvalue weighted by molar-refractivity contribution is -0.144. The Balaban J connectivity index is 2.43. The lowest BCUT2D eigenvalue weighted by Crippen LogP contribution is -2.30. The highest BCUT2D eigenvalue weighted by atomic mass is 32.2. The van der Waals surface area contributed by atoms with E-state index in [2.05, 4.69) is 17.1 Å². The van der Waals surface area contributed by atoms with Crippen molar-refractivity contribution >= 4 is 27.8 Å². The Morgan fingerprint density at radius 1 is 1.16 bits per heavy atom. The van der Waals surface area contributed by atoms with Crippen molar-refractivity contribution in [2.45, 2.75) is 70.2 Å². The minimum atomic E-state index is -3.59. The predicted octanol–water partition coefficient (Wildman–Crippen LogP) is 3.99. The molecule has 1 heterocycles. The number of carbonyl (C=O) groups excluding carboxylic acids is 1. The molecule has 0 aliphatic heterocycles. The van der Waals surface area contributed by atoms with E-state index in [1.807, 2.05) is 45.3 Å². The van der Waals surface area contributed by atoms with Crippen molar-refractivity contribution in [2.75, 3.05) is 18.8 Å². The maximum atomic E-state index is 13.0. The monoisotopic (exact) mass is 468 g/mol. The molecule has 0 saturated heterocycles. The van der Waals surface area contributed by atoms with Crippen LogP contribution >= 0.6 is 11.8 Å². The van der Waals surface area contributed by atoms with Crippen molar-refractivity contribution in [2.24, 2.45) is 0 Å². The number of nitrogens with zero attached hydrogens (tertiary/aromatic N) is 4. The first-order valence-electron chi connectivity index (χ1n) is 10.5. The molecule has 0 unspecified atom stereocenters. The lowest BCUT2D eigenvalue weighted by Gasteiger charge is -2.19. The summed E-state index contributed by atoms with van der Waals surface area (Å²) in [7, 11) is -3.59. The van der Waals surface area contributed by atoms with E-state index in [0.29, 0.717) is 29.6 Å². The molecule has 0 aliphatic rings. The molecule has 8 nitrogen and oxygen atoms in total. The van der Waals surface area contributed by atoms with Crippen molar-refractivity contribution in [1.82, 2.24) is 19.1 Å². The summed E-state index contributed by atoms with van der Waals surface area (Å²) in [6.07, 6.45) is 0.651. The summed E-state index contributed by atoms with van der Waals surface area (Å²) in [6.45, 7) is 12.1. The zero-order valence-electron chi connectivity index (χ0n) is 19.0. The molecule has 2 aromatic rings. The number of hydrogen-bond donors (Lipinski definition) is 0. The van der Waals surface area contributed by atoms with Gasteiger partial charge in [-0.1, -0.05) is 44.7 Å². The average molecular weight is 469 g/mol. The lowest BCUT2D eigenvalue weighted by atomic mass is 10.2. The Kier molecular flexibility index (Phi) is 9.08. The second-order valence-electron chi connectivity index (χ2n) is 7.38. The molecule has 0 saturated carbocycles. The van der Waals surface area contributed by atoms with Gasteiger partial charge in [-0.2, -0.15) is 4.31 Å². The van der Waals surface area contributed by atoms with Crippen LogP contribution in [0.25, 0.3) is 11.4 Å². The van der Waals surface area contributed by atoms with Crippen molar-refractivity contribution in [1.29, 1.82) is 0 Å². The first-order valence-corrected chi connectivity index (χ1v) is 13.0. The molecular weight excluding hydrogens is 436 g/mol. The van der Waals surface area contributed by atoms with Crippen molar-refractivity contribution in [3.05, 3.63) is 24.3 Å². The van der Waals surface area contributed by atoms with Gasteiger partial charge in [0.05, 0.1) is 16.8 Å². The highest BCUT2D eigenvalue weighted by molar-refractivity contribution is 7.99. The molecule has 0 N–H and O–H groups in total. The number of esters is 1. The second-order valence-corrected chi connectivity index (χ2v) is 10.3. The highest BCUT2D eigenvalue weighted by Crippen LogP contribution is 2.30. The van der Waals surface area contributed by atoms with E-state index in [1.165, 1.54) is 16.1 Å². The van der Waals surface area contributed by atoms with E-state index in [9.17, 15) is 13.2 Å². The summed E-state index contributed by atoms with van der Waals surface area (Å²) in [5.74, 6) is 0.390. The van der Waals surface area contributed by atoms with Crippen LogP contribution < -0.4 is 0 Å². The molecule has 1 aromatic carbocycles. The van der Waals surface area contributed by atoms with E-state index >= 15 is 0 Å². The molecule has 1 atom stereocenters. The molecule has 0 aliphatic carbocycles. The molecule has 10 heteroatoms. The van der Waals surface area contributed by atoms with Gasteiger partial charge in [-0.15, -0.1) is 10.2 Å². The van der Waals surface area contributed by atoms with E-state index in [-0.39, 0.29) is 28.8 Å². The van der Waals surface area contributed by atoms with Crippen LogP contribution in [-0.4, -0.2) is 58.4 Å². The number of ether oxygens (including phenoxy) is 1. The fourth-order valence-corrected chi connectivity index (χ4v) is 5.40. The van der Waals surface area contributed by atoms with E-state index < -0.39 is 10.0 Å². The molecule has 172 valence electrons. The van der Waals surface area contributed by atoms with Crippen LogP contribution in [0.3, 0.4) is 0 Å². The van der Waals surface area contributed by atoms with E-state index in [0.717, 1.165) is 6.42 Å². The molecular formula is C21H32N4O4S2. The van der Waals surface area contributed by atoms with Crippen LogP contribution in [0.5, 0.6) is 0 Å². The number of carbonyl (C=O) groups is 1. The zero-order valence-corrected chi connectivity index (χ0v) is 20.7. The van der Waals surface area contributed by atoms with Gasteiger partial charge in [0, 0.05) is 24.7 Å². The summed E-state index contributed by atoms with van der Waals surface area (Å²) in [5, 5.41) is 9.21. The third-order valence-electron chi connectivity index (χ3n) is 4.82. The molecule has 0 spiro atoms. The Labute approximate surface area is 189 Å². The van der Waals surface area contributed by atoms with Gasteiger partial charge in [0.25, 0.3) is 0 Å². The van der Waals surface area contributed by atoms with Gasteiger partial charge in [-0.05, 0) is 39.3 Å². The van der Waals surface area contributed by atoms with Gasteiger partial charge in [-0.3, -0.25) is 9.36 Å². The van der Waals surface area contributed by atoms with Crippen molar-refractivity contribution < 1.29 is 17.9 Å². The fourth-order valence-electron chi connectivity index (χ4n) is 3.08. The quantitative estimate of drug-likeness (QED) is 0.363. The summed E-state index contributed by atoms with van der Waals surface area (Å²) in [5.41, 5.74) is 0.664. The van der Waals surface area contributed by atoms with Gasteiger partial charge >= 0.3 is 5.97 Å². The van der Waals surface area contributed by atoms with E-state index in [1.54, 1.807) is 18.2 Å². The number of aromatic nitrogens is 3. The number of sulfonamides is 1. The minimum Gasteiger partial charge on any atom is -0.462 e. The largest absolute Gasteiger partial charge is 0.462 e. The Morgan fingerprint density at radius 3 is 2.42 bits per heavy atom. The van der Waals surface area contributed by atoms with Crippen LogP contribution in [0.15, 0.2) is 34.3 Å². The summed E-state index contributed by atoms with van der Waals surface area (Å²) in [6, 6.07) is 6.84. The normalized spacial score (nSPS) is 13.0. The smallest absolute Gasteiger partial charge is 0.316 e. The maximum Gasteiger partial charge on any atom is 0.316 e. The number of rotatable bonds is 11. The Morgan fingerprint density at radius 2 is 1.84 bits per heavy atom. The number of benzene rings is 1. The zero-order chi connectivity index (χ0) is 23.2. The summed E-state index contributed by atoms with van der Waals surface area (Å²) in [4.78, 5) is 12.2. The average Bonchev–Trinajstić information content (AvgIpc) is 3.16. The maximum absolute atomic E-state index is 13.0. The van der Waals surface area contributed by atoms with Crippen LogP contribution in [-0.2, 0) is 19.6 Å². The number of hydrogen-bond acceptors (Lipinski definition) is 7. The van der Waals surface area contributed by atoms with E-state index in [4.69, 9.17) is 4.74 Å². The summed E-state index contributed by atoms with van der Waals surface area (Å²) < 4.78 is 34.5. The van der Waals surface area contributed by atoms with Crippen LogP contribution in [0, 0.1) is 0 Å². The Hall–Kier alpha value is -1.91. The molecule has 2 rings (SSSR count). The third-order valence-corrected chi connectivity index (χ3v) is 7.78. The van der Waals surface area contributed by atoms with Crippen molar-refractivity contribution in [3.8, 4) is 11.4 Å². The first-order chi connectivity index (χ1) is 14.6. The first kappa shape index (κ1) is 25.4. The number of thioether (sulfide) groups is 1. The van der Waals surface area contributed by atoms with Crippen LogP contribution in [0.4, 0.5) is 0 Å². The molecule has 0 amide bonds. The highest BCUT2D eigenvalue weighted by Gasteiger charge is 2.24. The fraction of sp³-hybridized carbons (Fsp3) is 0.571. The standard InChI is InChI=1S/C21H32N4O4S2/c1-7-16(6)25-20(22-23-21(25)30-14-19(26)29-15(4)5)17-11-10-12-18(13-17)31(27,28)24(8-2)9-3/h10-13,15-16H,7-9,14H2,1-6H3/t16-/m1/s1. The SMILES string of the molecule is CC[C@@H](C)n1c(SCC(=O)OC(C)C)nnc1-c1cccc(S(=O)(=O)N(CC)CC)c1. The van der Waals surface area contributed by atoms with Crippen LogP contribution in [0.2, 0.25) is 0 Å². The van der Waals surface area contributed by atoms with Gasteiger partial charge in [-0.25, -0.2) is 8.42 Å². The van der Waals surface area contributed by atoms with Gasteiger partial charge in [0.15, 0.2) is 11.0 Å². The van der Waals surface area contributed by atoms with Gasteiger partial charge in [0.2, 0.25) is 10.0 Å². The molecule has 31 heavy (non-hydrogen) atoms. The third kappa shape index (κ3) is 6.08. The van der Waals surface area contributed by atoms with Crippen LogP contribution in [0.1, 0.15) is 54.0 Å². The second kappa shape index (κ2) is 11.1. The molecule has 1 aromatic heterocycles. The van der Waals surface area contributed by atoms with Gasteiger partial charge < -0.3 is 4.74 Å². The van der Waals surface area contributed by atoms with Gasteiger partial charge in [0.1, 0.15) is 0 Å². The topological polar surface area (TPSA) is 94.4 Å². The molecule has 0 bridgehead atoms. The molecule has 0 radical (unpaired) electrons. The van der Waals surface area contributed by atoms with Crippen molar-refractivity contribution in [3.63, 3.8) is 0 Å². The molecule has 0 fully saturated rings.